The van der Waals surface area contributed by atoms with Crippen LogP contribution in [-0.4, -0.2) is 47.7 Å². The normalized spacial score (nSPS) is 21.6. The second-order valence-electron chi connectivity index (χ2n) is 4.99. The van der Waals surface area contributed by atoms with Crippen molar-refractivity contribution in [3.05, 3.63) is 32.8 Å². The fraction of sp³-hybridized carbons (Fsp3) is 0.429. The van der Waals surface area contributed by atoms with E-state index >= 15 is 0 Å². The third kappa shape index (κ3) is 3.22. The Labute approximate surface area is 136 Å². The van der Waals surface area contributed by atoms with Crippen LogP contribution in [0.25, 0.3) is 0 Å². The van der Waals surface area contributed by atoms with E-state index in [0.717, 1.165) is 10.0 Å². The van der Waals surface area contributed by atoms with Gasteiger partial charge in [-0.2, -0.15) is 0 Å². The molecule has 1 aliphatic rings. The van der Waals surface area contributed by atoms with Gasteiger partial charge >= 0.3 is 5.97 Å². The van der Waals surface area contributed by atoms with Crippen LogP contribution in [0.3, 0.4) is 0 Å². The maximum absolute atomic E-state index is 12.6. The van der Waals surface area contributed by atoms with Gasteiger partial charge in [0.25, 0.3) is 5.91 Å². The zero-order valence-corrected chi connectivity index (χ0v) is 13.9. The van der Waals surface area contributed by atoms with Crippen LogP contribution in [0.2, 0.25) is 5.02 Å². The van der Waals surface area contributed by atoms with Crippen LogP contribution >= 0.6 is 27.5 Å². The lowest BCUT2D eigenvalue weighted by molar-refractivity contribution is -0.141. The van der Waals surface area contributed by atoms with Crippen molar-refractivity contribution in [1.29, 1.82) is 0 Å². The molecule has 1 N–H and O–H groups in total. The molecule has 21 heavy (non-hydrogen) atoms. The number of nitrogens with zero attached hydrogens (tertiary/aromatic N) is 1. The van der Waals surface area contributed by atoms with Crippen molar-refractivity contribution in [1.82, 2.24) is 4.90 Å². The standard InChI is InChI=1S/C14H15BrClNO4/c1-7-3-8(4-10(16)12(7)15)13(18)17-6-9(21-2)5-11(17)14(19)20/h3-4,9,11H,5-6H2,1-2H3,(H,19,20). The molecule has 0 radical (unpaired) electrons. The first-order chi connectivity index (χ1) is 9.85. The Balaban J connectivity index is 2.32. The number of aryl methyl sites for hydroxylation is 1. The van der Waals surface area contributed by atoms with Gasteiger partial charge in [-0.05, 0) is 40.5 Å². The average Bonchev–Trinajstić information content (AvgIpc) is 2.87. The predicted molar refractivity (Wildman–Crippen MR) is 81.8 cm³/mol. The Hall–Kier alpha value is -1.11. The Morgan fingerprint density at radius 2 is 2.14 bits per heavy atom. The summed E-state index contributed by atoms with van der Waals surface area (Å²) < 4.78 is 5.91. The molecule has 0 bridgehead atoms. The molecule has 2 rings (SSSR count). The van der Waals surface area contributed by atoms with Crippen molar-refractivity contribution in [3.8, 4) is 0 Å². The minimum absolute atomic E-state index is 0.262. The second kappa shape index (κ2) is 6.34. The molecule has 1 saturated heterocycles. The molecule has 0 aromatic heterocycles. The summed E-state index contributed by atoms with van der Waals surface area (Å²) in [5, 5.41) is 9.69. The van der Waals surface area contributed by atoms with Gasteiger partial charge in [0.2, 0.25) is 0 Å². The molecular formula is C14H15BrClNO4. The van der Waals surface area contributed by atoms with Gasteiger partial charge in [-0.25, -0.2) is 4.79 Å². The Morgan fingerprint density at radius 1 is 1.48 bits per heavy atom. The van der Waals surface area contributed by atoms with Gasteiger partial charge in [0, 0.05) is 30.1 Å². The molecule has 5 nitrogen and oxygen atoms in total. The number of carbonyl (C=O) groups is 2. The van der Waals surface area contributed by atoms with Gasteiger partial charge in [0.05, 0.1) is 11.1 Å². The molecule has 114 valence electrons. The number of rotatable bonds is 3. The molecule has 1 heterocycles. The number of ether oxygens (including phenoxy) is 1. The number of halogens is 2. The number of methoxy groups -OCH3 is 1. The number of carboxylic acid groups (broad SMARTS) is 1. The summed E-state index contributed by atoms with van der Waals surface area (Å²) in [5.74, 6) is -1.37. The van der Waals surface area contributed by atoms with E-state index in [1.165, 1.54) is 12.0 Å². The molecular weight excluding hydrogens is 362 g/mol. The summed E-state index contributed by atoms with van der Waals surface area (Å²) in [6.07, 6.45) is 0.0305. The van der Waals surface area contributed by atoms with Gasteiger partial charge in [0.15, 0.2) is 0 Å². The quantitative estimate of drug-likeness (QED) is 0.881. The van der Waals surface area contributed by atoms with Crippen LogP contribution in [0, 0.1) is 6.92 Å². The van der Waals surface area contributed by atoms with Crippen molar-refractivity contribution >= 4 is 39.4 Å². The highest BCUT2D eigenvalue weighted by Gasteiger charge is 2.40. The third-order valence-corrected chi connectivity index (χ3v) is 5.18. The molecule has 1 amide bonds. The highest BCUT2D eigenvalue weighted by atomic mass is 79.9. The van der Waals surface area contributed by atoms with Crippen molar-refractivity contribution in [2.45, 2.75) is 25.5 Å². The molecule has 0 spiro atoms. The topological polar surface area (TPSA) is 66.8 Å². The van der Waals surface area contributed by atoms with E-state index in [0.29, 0.717) is 17.0 Å². The highest BCUT2D eigenvalue weighted by Crippen LogP contribution is 2.29. The summed E-state index contributed by atoms with van der Waals surface area (Å²) in [7, 11) is 1.51. The van der Waals surface area contributed by atoms with Gasteiger partial charge < -0.3 is 14.7 Å². The molecule has 0 aliphatic carbocycles. The summed E-state index contributed by atoms with van der Waals surface area (Å²) >= 11 is 9.40. The zero-order valence-electron chi connectivity index (χ0n) is 11.6. The minimum atomic E-state index is -1.03. The van der Waals surface area contributed by atoms with E-state index < -0.39 is 12.0 Å². The lowest BCUT2D eigenvalue weighted by Gasteiger charge is -2.21. The van der Waals surface area contributed by atoms with Crippen LogP contribution in [-0.2, 0) is 9.53 Å². The lowest BCUT2D eigenvalue weighted by atomic mass is 10.1. The summed E-state index contributed by atoms with van der Waals surface area (Å²) in [6, 6.07) is 2.36. The maximum Gasteiger partial charge on any atom is 0.326 e. The summed E-state index contributed by atoms with van der Waals surface area (Å²) in [4.78, 5) is 25.2. The summed E-state index contributed by atoms with van der Waals surface area (Å²) in [6.45, 7) is 2.09. The number of aliphatic carboxylic acids is 1. The van der Waals surface area contributed by atoms with Crippen molar-refractivity contribution in [3.63, 3.8) is 0 Å². The van der Waals surface area contributed by atoms with Crippen molar-refractivity contribution < 1.29 is 19.4 Å². The van der Waals surface area contributed by atoms with Crippen LogP contribution in [0.15, 0.2) is 16.6 Å². The first-order valence-corrected chi connectivity index (χ1v) is 7.54. The van der Waals surface area contributed by atoms with E-state index in [1.807, 2.05) is 6.92 Å². The highest BCUT2D eigenvalue weighted by molar-refractivity contribution is 9.10. The van der Waals surface area contributed by atoms with Crippen LogP contribution < -0.4 is 0 Å². The molecule has 1 aromatic carbocycles. The van der Waals surface area contributed by atoms with E-state index in [4.69, 9.17) is 16.3 Å². The summed E-state index contributed by atoms with van der Waals surface area (Å²) in [5.41, 5.74) is 1.20. The van der Waals surface area contributed by atoms with Crippen molar-refractivity contribution in [2.75, 3.05) is 13.7 Å². The number of amides is 1. The maximum atomic E-state index is 12.6. The molecule has 0 saturated carbocycles. The first kappa shape index (κ1) is 16.3. The van der Waals surface area contributed by atoms with Gasteiger partial charge in [-0.15, -0.1) is 0 Å². The predicted octanol–water partition coefficient (Wildman–Crippen LogP) is 2.73. The fourth-order valence-corrected chi connectivity index (χ4v) is 2.94. The smallest absolute Gasteiger partial charge is 0.326 e. The Kier molecular flexibility index (Phi) is 4.91. The number of carbonyl (C=O) groups excluding carboxylic acids is 1. The van der Waals surface area contributed by atoms with Gasteiger partial charge in [0.1, 0.15) is 6.04 Å². The van der Waals surface area contributed by atoms with Gasteiger partial charge in [-0.3, -0.25) is 4.79 Å². The zero-order chi connectivity index (χ0) is 15.7. The van der Waals surface area contributed by atoms with E-state index in [-0.39, 0.29) is 18.6 Å². The van der Waals surface area contributed by atoms with Gasteiger partial charge in [-0.1, -0.05) is 11.6 Å². The SMILES string of the molecule is COC1CC(C(=O)O)N(C(=O)c2cc(C)c(Br)c(Cl)c2)C1. The molecule has 2 atom stereocenters. The Morgan fingerprint density at radius 3 is 2.67 bits per heavy atom. The van der Waals surface area contributed by atoms with Crippen LogP contribution in [0.4, 0.5) is 0 Å². The second-order valence-corrected chi connectivity index (χ2v) is 6.19. The van der Waals surface area contributed by atoms with E-state index in [2.05, 4.69) is 15.9 Å². The molecule has 1 aromatic rings. The monoisotopic (exact) mass is 375 g/mol. The minimum Gasteiger partial charge on any atom is -0.480 e. The molecule has 7 heteroatoms. The van der Waals surface area contributed by atoms with E-state index in [9.17, 15) is 14.7 Å². The average molecular weight is 377 g/mol. The molecule has 2 unspecified atom stereocenters. The third-order valence-electron chi connectivity index (χ3n) is 3.60. The largest absolute Gasteiger partial charge is 0.480 e. The number of likely N-dealkylation sites (tertiary alicyclic amines) is 1. The number of carboxylic acids is 1. The van der Waals surface area contributed by atoms with E-state index in [1.54, 1.807) is 12.1 Å². The molecule has 1 fully saturated rings. The fourth-order valence-electron chi connectivity index (χ4n) is 2.44. The number of hydrogen-bond donors (Lipinski definition) is 1. The first-order valence-electron chi connectivity index (χ1n) is 6.37. The van der Waals surface area contributed by atoms with Crippen LogP contribution in [0.5, 0.6) is 0 Å². The Bertz CT molecular complexity index is 569. The number of benzene rings is 1. The molecule has 1 aliphatic heterocycles. The number of hydrogen-bond acceptors (Lipinski definition) is 3. The van der Waals surface area contributed by atoms with Crippen LogP contribution in [0.1, 0.15) is 22.3 Å². The lowest BCUT2D eigenvalue weighted by Crippen LogP contribution is -2.40. The van der Waals surface area contributed by atoms with Crippen molar-refractivity contribution in [2.24, 2.45) is 0 Å².